The van der Waals surface area contributed by atoms with Crippen LogP contribution < -0.4 is 10.5 Å². The highest BCUT2D eigenvalue weighted by molar-refractivity contribution is 5.78. The fraction of sp³-hybridized carbons (Fsp3) is 0.167. The third kappa shape index (κ3) is 2.60. The van der Waals surface area contributed by atoms with Crippen LogP contribution in [0.15, 0.2) is 54.6 Å². The smallest absolute Gasteiger partial charge is 0.119 e. The summed E-state index contributed by atoms with van der Waals surface area (Å²) in [6, 6.07) is 17.8. The van der Waals surface area contributed by atoms with Gasteiger partial charge in [-0.3, -0.25) is 4.98 Å². The van der Waals surface area contributed by atoms with E-state index in [2.05, 4.69) is 17.1 Å². The molecule has 1 heterocycles. The Morgan fingerprint density at radius 2 is 1.86 bits per heavy atom. The minimum Gasteiger partial charge on any atom is -0.497 e. The molecular formula is C18H18N2O. The number of hydrogen-bond donors (Lipinski definition) is 1. The quantitative estimate of drug-likeness (QED) is 0.796. The van der Waals surface area contributed by atoms with Crippen molar-refractivity contribution in [3.8, 4) is 5.75 Å². The number of benzene rings is 2. The van der Waals surface area contributed by atoms with Crippen LogP contribution in [-0.2, 0) is 0 Å². The molecule has 3 nitrogen and oxygen atoms in total. The van der Waals surface area contributed by atoms with Crippen LogP contribution >= 0.6 is 0 Å². The summed E-state index contributed by atoms with van der Waals surface area (Å²) in [5, 5.41) is 1.12. The highest BCUT2D eigenvalue weighted by atomic mass is 16.5. The largest absolute Gasteiger partial charge is 0.497 e. The number of methoxy groups -OCH3 is 1. The Labute approximate surface area is 124 Å². The molecule has 0 aliphatic heterocycles. The standard InChI is InChI=1S/C18H18N2O/c1-12-11-14(21-2)8-9-15(12)18(19)17-10-7-13-5-3-4-6-16(13)20-17/h3-11,18H,19H2,1-2H3. The monoisotopic (exact) mass is 278 g/mol. The molecule has 21 heavy (non-hydrogen) atoms. The Kier molecular flexibility index (Phi) is 3.59. The van der Waals surface area contributed by atoms with Gasteiger partial charge in [0.1, 0.15) is 5.75 Å². The second-order valence-corrected chi connectivity index (χ2v) is 5.13. The molecule has 3 rings (SSSR count). The molecule has 0 saturated heterocycles. The second kappa shape index (κ2) is 5.54. The number of hydrogen-bond acceptors (Lipinski definition) is 3. The Morgan fingerprint density at radius 3 is 2.62 bits per heavy atom. The molecule has 2 N–H and O–H groups in total. The van der Waals surface area contributed by atoms with Gasteiger partial charge in [0.15, 0.2) is 0 Å². The van der Waals surface area contributed by atoms with Gasteiger partial charge in [0, 0.05) is 5.39 Å². The normalized spacial score (nSPS) is 12.3. The lowest BCUT2D eigenvalue weighted by molar-refractivity contribution is 0.414. The molecule has 0 aliphatic carbocycles. The third-order valence-corrected chi connectivity index (χ3v) is 3.75. The van der Waals surface area contributed by atoms with Gasteiger partial charge in [0.25, 0.3) is 0 Å². The summed E-state index contributed by atoms with van der Waals surface area (Å²) in [4.78, 5) is 4.68. The van der Waals surface area contributed by atoms with Crippen LogP contribution in [0.3, 0.4) is 0 Å². The molecule has 0 bridgehead atoms. The number of nitrogens with two attached hydrogens (primary N) is 1. The fourth-order valence-electron chi connectivity index (χ4n) is 2.54. The molecule has 3 heteroatoms. The lowest BCUT2D eigenvalue weighted by Gasteiger charge is -2.15. The van der Waals surface area contributed by atoms with Crippen LogP contribution in [-0.4, -0.2) is 12.1 Å². The first-order chi connectivity index (χ1) is 10.2. The molecule has 0 aliphatic rings. The van der Waals surface area contributed by atoms with Gasteiger partial charge in [-0.25, -0.2) is 0 Å². The average Bonchev–Trinajstić information content (AvgIpc) is 2.53. The molecule has 1 atom stereocenters. The van der Waals surface area contributed by atoms with Crippen molar-refractivity contribution in [2.45, 2.75) is 13.0 Å². The van der Waals surface area contributed by atoms with Gasteiger partial charge in [-0.05, 0) is 42.3 Å². The summed E-state index contributed by atoms with van der Waals surface area (Å²) >= 11 is 0. The van der Waals surface area contributed by atoms with E-state index in [1.165, 1.54) is 0 Å². The van der Waals surface area contributed by atoms with E-state index in [0.29, 0.717) is 0 Å². The van der Waals surface area contributed by atoms with Gasteiger partial charge in [-0.1, -0.05) is 30.3 Å². The number of fused-ring (bicyclic) bond motifs is 1. The molecule has 0 amide bonds. The topological polar surface area (TPSA) is 48.1 Å². The van der Waals surface area contributed by atoms with E-state index >= 15 is 0 Å². The van der Waals surface area contributed by atoms with Crippen LogP contribution in [0.2, 0.25) is 0 Å². The zero-order valence-corrected chi connectivity index (χ0v) is 12.2. The number of aromatic nitrogens is 1. The van der Waals surface area contributed by atoms with Crippen molar-refractivity contribution in [3.63, 3.8) is 0 Å². The van der Waals surface area contributed by atoms with Gasteiger partial charge in [0.05, 0.1) is 24.4 Å². The van der Waals surface area contributed by atoms with Crippen LogP contribution in [0.25, 0.3) is 10.9 Å². The number of aryl methyl sites for hydroxylation is 1. The Morgan fingerprint density at radius 1 is 1.05 bits per heavy atom. The van der Waals surface area contributed by atoms with Crippen LogP contribution in [0.5, 0.6) is 5.75 Å². The number of ether oxygens (including phenoxy) is 1. The Bertz CT molecular complexity index is 783. The summed E-state index contributed by atoms with van der Waals surface area (Å²) in [5.41, 5.74) is 10.4. The van der Waals surface area contributed by atoms with E-state index in [9.17, 15) is 0 Å². The minimum atomic E-state index is -0.236. The SMILES string of the molecule is COc1ccc(C(N)c2ccc3ccccc3n2)c(C)c1. The zero-order valence-electron chi connectivity index (χ0n) is 12.2. The summed E-state index contributed by atoms with van der Waals surface area (Å²) in [7, 11) is 1.67. The molecule has 2 aromatic carbocycles. The number of nitrogens with zero attached hydrogens (tertiary/aromatic N) is 1. The first-order valence-corrected chi connectivity index (χ1v) is 6.95. The van der Waals surface area contributed by atoms with Crippen molar-refractivity contribution in [2.75, 3.05) is 7.11 Å². The molecule has 0 radical (unpaired) electrons. The molecule has 106 valence electrons. The van der Waals surface area contributed by atoms with E-state index in [-0.39, 0.29) is 6.04 Å². The highest BCUT2D eigenvalue weighted by Crippen LogP contribution is 2.26. The predicted molar refractivity (Wildman–Crippen MR) is 85.5 cm³/mol. The first-order valence-electron chi connectivity index (χ1n) is 6.95. The lowest BCUT2D eigenvalue weighted by atomic mass is 9.98. The maximum absolute atomic E-state index is 6.40. The van der Waals surface area contributed by atoms with Crippen molar-refractivity contribution >= 4 is 10.9 Å². The first kappa shape index (κ1) is 13.6. The van der Waals surface area contributed by atoms with Crippen LogP contribution in [0.1, 0.15) is 22.9 Å². The zero-order chi connectivity index (χ0) is 14.8. The average molecular weight is 278 g/mol. The number of pyridine rings is 1. The molecule has 0 fully saturated rings. The van der Waals surface area contributed by atoms with Gasteiger partial charge in [-0.15, -0.1) is 0 Å². The van der Waals surface area contributed by atoms with Gasteiger partial charge in [0.2, 0.25) is 0 Å². The third-order valence-electron chi connectivity index (χ3n) is 3.75. The van der Waals surface area contributed by atoms with Crippen molar-refractivity contribution in [2.24, 2.45) is 5.73 Å². The van der Waals surface area contributed by atoms with E-state index < -0.39 is 0 Å². The second-order valence-electron chi connectivity index (χ2n) is 5.13. The molecular weight excluding hydrogens is 260 g/mol. The van der Waals surface area contributed by atoms with E-state index in [0.717, 1.165) is 33.5 Å². The molecule has 1 aromatic heterocycles. The maximum Gasteiger partial charge on any atom is 0.119 e. The summed E-state index contributed by atoms with van der Waals surface area (Å²) in [5.74, 6) is 0.843. The Hall–Kier alpha value is -2.39. The molecule has 0 spiro atoms. The van der Waals surface area contributed by atoms with E-state index in [1.807, 2.05) is 49.4 Å². The van der Waals surface area contributed by atoms with Gasteiger partial charge in [-0.2, -0.15) is 0 Å². The predicted octanol–water partition coefficient (Wildman–Crippen LogP) is 3.60. The van der Waals surface area contributed by atoms with Crippen LogP contribution in [0.4, 0.5) is 0 Å². The summed E-state index contributed by atoms with van der Waals surface area (Å²) in [6.07, 6.45) is 0. The van der Waals surface area contributed by atoms with Crippen molar-refractivity contribution in [1.29, 1.82) is 0 Å². The molecule has 0 saturated carbocycles. The van der Waals surface area contributed by atoms with Gasteiger partial charge >= 0.3 is 0 Å². The summed E-state index contributed by atoms with van der Waals surface area (Å²) in [6.45, 7) is 2.04. The fourth-order valence-corrected chi connectivity index (χ4v) is 2.54. The molecule has 3 aromatic rings. The number of rotatable bonds is 3. The number of para-hydroxylation sites is 1. The van der Waals surface area contributed by atoms with Crippen molar-refractivity contribution in [1.82, 2.24) is 4.98 Å². The minimum absolute atomic E-state index is 0.236. The van der Waals surface area contributed by atoms with Crippen molar-refractivity contribution < 1.29 is 4.74 Å². The lowest BCUT2D eigenvalue weighted by Crippen LogP contribution is -2.14. The van der Waals surface area contributed by atoms with E-state index in [4.69, 9.17) is 10.5 Å². The van der Waals surface area contributed by atoms with Crippen molar-refractivity contribution in [3.05, 3.63) is 71.4 Å². The van der Waals surface area contributed by atoms with Crippen LogP contribution in [0, 0.1) is 6.92 Å². The van der Waals surface area contributed by atoms with Gasteiger partial charge < -0.3 is 10.5 Å². The maximum atomic E-state index is 6.40. The Balaban J connectivity index is 2.01. The van der Waals surface area contributed by atoms with E-state index in [1.54, 1.807) is 7.11 Å². The highest BCUT2D eigenvalue weighted by Gasteiger charge is 2.13. The molecule has 1 unspecified atom stereocenters. The summed E-state index contributed by atoms with van der Waals surface area (Å²) < 4.78 is 5.24.